The zero-order valence-electron chi connectivity index (χ0n) is 37.7. The minimum absolute atomic E-state index is 0.0408. The number of rotatable bonds is 7. The first kappa shape index (κ1) is 50.1. The monoisotopic (exact) mass is 1040 g/mol. The van der Waals surface area contributed by atoms with Crippen molar-refractivity contribution in [3.05, 3.63) is 204 Å². The van der Waals surface area contributed by atoms with E-state index in [9.17, 15) is 52.7 Å². The molecule has 0 saturated carbocycles. The molecule has 0 bridgehead atoms. The third-order valence-corrected chi connectivity index (χ3v) is 12.4. The molecule has 75 heavy (non-hydrogen) atoms. The van der Waals surface area contributed by atoms with Gasteiger partial charge in [-0.15, -0.1) is 0 Å². The highest BCUT2D eigenvalue weighted by Gasteiger charge is 2.41. The minimum atomic E-state index is -5.37. The van der Waals surface area contributed by atoms with Crippen molar-refractivity contribution in [2.45, 2.75) is 30.9 Å². The summed E-state index contributed by atoms with van der Waals surface area (Å²) >= 11 is 0. The van der Waals surface area contributed by atoms with Crippen molar-refractivity contribution in [3.63, 3.8) is 0 Å². The van der Waals surface area contributed by atoms with Gasteiger partial charge in [0.2, 0.25) is 0 Å². The minimum Gasteiger partial charge on any atom is -0.309 e. The van der Waals surface area contributed by atoms with Gasteiger partial charge in [0.15, 0.2) is 17.5 Å². The second kappa shape index (κ2) is 18.2. The van der Waals surface area contributed by atoms with Gasteiger partial charge in [0, 0.05) is 33.0 Å². The van der Waals surface area contributed by atoms with Gasteiger partial charge in [0.1, 0.15) is 0 Å². The van der Waals surface area contributed by atoms with Gasteiger partial charge >= 0.3 is 30.9 Å². The summed E-state index contributed by atoms with van der Waals surface area (Å²) in [6, 6.07) is 34.8. The molecular formula is C56H29F15N4. The van der Waals surface area contributed by atoms with Gasteiger partial charge in [-0.05, 0) is 76.3 Å². The highest BCUT2D eigenvalue weighted by Crippen LogP contribution is 2.48. The normalized spacial score (nSPS) is 12.7. The lowest BCUT2D eigenvalue weighted by Crippen LogP contribution is -2.12. The van der Waals surface area contributed by atoms with E-state index in [0.717, 1.165) is 42.5 Å². The lowest BCUT2D eigenvalue weighted by atomic mass is 9.95. The topological polar surface area (TPSA) is 43.6 Å². The fourth-order valence-corrected chi connectivity index (χ4v) is 9.01. The highest BCUT2D eigenvalue weighted by atomic mass is 19.4. The molecule has 0 atom stereocenters. The Labute approximate surface area is 414 Å². The Morgan fingerprint density at radius 2 is 0.667 bits per heavy atom. The number of alkyl halides is 15. The average Bonchev–Trinajstić information content (AvgIpc) is 3.72. The largest absolute Gasteiger partial charge is 0.417 e. The molecular weight excluding hydrogens is 1010 g/mol. The van der Waals surface area contributed by atoms with E-state index in [1.165, 1.54) is 41.0 Å². The van der Waals surface area contributed by atoms with E-state index >= 15 is 13.2 Å². The summed E-state index contributed by atoms with van der Waals surface area (Å²) in [6.45, 7) is 0. The van der Waals surface area contributed by atoms with Gasteiger partial charge < -0.3 is 4.57 Å². The van der Waals surface area contributed by atoms with Crippen LogP contribution in [0.1, 0.15) is 27.8 Å². The Balaban J connectivity index is 1.34. The number of nitrogens with zero attached hydrogens (tertiary/aromatic N) is 4. The van der Waals surface area contributed by atoms with E-state index < -0.39 is 75.4 Å². The molecule has 0 spiro atoms. The quantitative estimate of drug-likeness (QED) is 0.149. The Kier molecular flexibility index (Phi) is 12.1. The maximum absolute atomic E-state index is 15.1. The summed E-state index contributed by atoms with van der Waals surface area (Å²) in [4.78, 5) is 14.2. The Bertz CT molecular complexity index is 3630. The molecule has 0 aliphatic carbocycles. The van der Waals surface area contributed by atoms with Gasteiger partial charge in [-0.2, -0.15) is 65.9 Å². The molecule has 8 aromatic carbocycles. The third-order valence-electron chi connectivity index (χ3n) is 12.4. The number of aromatic nitrogens is 4. The van der Waals surface area contributed by atoms with E-state index in [1.54, 1.807) is 60.7 Å². The smallest absolute Gasteiger partial charge is 0.309 e. The molecule has 0 aliphatic rings. The molecule has 10 rings (SSSR count). The van der Waals surface area contributed by atoms with Crippen LogP contribution >= 0.6 is 0 Å². The van der Waals surface area contributed by atoms with Crippen LogP contribution in [-0.2, 0) is 30.9 Å². The van der Waals surface area contributed by atoms with Gasteiger partial charge in [0.25, 0.3) is 0 Å². The summed E-state index contributed by atoms with van der Waals surface area (Å²) in [5, 5.41) is 0.283. The number of hydrogen-bond donors (Lipinski definition) is 0. The molecule has 0 amide bonds. The summed E-state index contributed by atoms with van der Waals surface area (Å²) in [5.41, 5.74) is -9.78. The van der Waals surface area contributed by atoms with Gasteiger partial charge in [-0.25, -0.2) is 15.0 Å². The van der Waals surface area contributed by atoms with Gasteiger partial charge in [0.05, 0.1) is 44.5 Å². The lowest BCUT2D eigenvalue weighted by molar-refractivity contribution is -0.144. The number of fused-ring (bicyclic) bond motifs is 3. The second-order valence-electron chi connectivity index (χ2n) is 17.1. The van der Waals surface area contributed by atoms with Gasteiger partial charge in [-0.3, -0.25) is 0 Å². The van der Waals surface area contributed by atoms with E-state index in [1.807, 2.05) is 0 Å². The lowest BCUT2D eigenvalue weighted by Gasteiger charge is -2.20. The predicted octanol–water partition coefficient (Wildman–Crippen LogP) is 18.1. The number of benzene rings is 8. The van der Waals surface area contributed by atoms with E-state index in [-0.39, 0.29) is 79.4 Å². The average molecular weight is 1040 g/mol. The molecule has 0 saturated heterocycles. The first-order valence-electron chi connectivity index (χ1n) is 22.2. The van der Waals surface area contributed by atoms with Crippen molar-refractivity contribution in [2.75, 3.05) is 0 Å². The van der Waals surface area contributed by atoms with E-state index in [0.29, 0.717) is 35.4 Å². The molecule has 0 aliphatic heterocycles. The molecule has 0 unspecified atom stereocenters. The fraction of sp³-hybridized carbons (Fsp3) is 0.0893. The molecule has 19 heteroatoms. The van der Waals surface area contributed by atoms with Crippen LogP contribution in [0.15, 0.2) is 176 Å². The standard InChI is InChI=1S/C56H29F15N4/c57-52(58,59)35-18-23-37(44(28-35)55(66,67)68)32-15-20-41-42-21-16-33(38-24-19-36(53(60,61)62)29-45(38)56(69,70)71)26-47(42)75(46(41)25-32)48-27-34(17-22-40(48)39-13-7-8-14-43(39)54(63,64)65)51-73-49(30-9-3-1-4-10-30)72-50(74-51)31-11-5-2-6-12-31/h1-29H. The summed E-state index contributed by atoms with van der Waals surface area (Å²) < 4.78 is 218. The first-order chi connectivity index (χ1) is 35.3. The Morgan fingerprint density at radius 3 is 1.09 bits per heavy atom. The molecule has 4 nitrogen and oxygen atoms in total. The molecule has 2 aromatic heterocycles. The van der Waals surface area contributed by atoms with Crippen LogP contribution in [0.5, 0.6) is 0 Å². The second-order valence-corrected chi connectivity index (χ2v) is 17.1. The highest BCUT2D eigenvalue weighted by molar-refractivity contribution is 6.12. The number of hydrogen-bond acceptors (Lipinski definition) is 3. The van der Waals surface area contributed by atoms with Crippen molar-refractivity contribution in [3.8, 4) is 73.2 Å². The SMILES string of the molecule is FC(F)(F)c1ccc(-c2ccc3c4ccc(-c5ccc(C(F)(F)F)cc5C(F)(F)F)cc4n(-c4cc(-c5nc(-c6ccccc6)nc(-c6ccccc6)n5)ccc4-c4ccccc4C(F)(F)F)c3c2)c(C(F)(F)F)c1. The van der Waals surface area contributed by atoms with E-state index in [2.05, 4.69) is 4.98 Å². The number of halogens is 15. The van der Waals surface area contributed by atoms with Crippen LogP contribution in [0.2, 0.25) is 0 Å². The zero-order chi connectivity index (χ0) is 53.4. The zero-order valence-corrected chi connectivity index (χ0v) is 37.7. The molecule has 0 radical (unpaired) electrons. The van der Waals surface area contributed by atoms with Crippen LogP contribution < -0.4 is 0 Å². The Hall–Kier alpha value is -8.48. The molecule has 378 valence electrons. The van der Waals surface area contributed by atoms with Crippen molar-refractivity contribution in [1.82, 2.24) is 19.5 Å². The summed E-state index contributed by atoms with van der Waals surface area (Å²) in [5.74, 6) is 0.279. The van der Waals surface area contributed by atoms with Crippen molar-refractivity contribution in [1.29, 1.82) is 0 Å². The predicted molar refractivity (Wildman–Crippen MR) is 252 cm³/mol. The Morgan fingerprint density at radius 1 is 0.280 bits per heavy atom. The fourth-order valence-electron chi connectivity index (χ4n) is 9.01. The van der Waals surface area contributed by atoms with Crippen LogP contribution in [-0.4, -0.2) is 19.5 Å². The molecule has 0 fully saturated rings. The van der Waals surface area contributed by atoms with Crippen LogP contribution in [0, 0.1) is 0 Å². The summed E-state index contributed by atoms with van der Waals surface area (Å²) in [6.07, 6.45) is -26.1. The van der Waals surface area contributed by atoms with Crippen LogP contribution in [0.3, 0.4) is 0 Å². The summed E-state index contributed by atoms with van der Waals surface area (Å²) in [7, 11) is 0. The maximum atomic E-state index is 15.1. The van der Waals surface area contributed by atoms with Crippen molar-refractivity contribution >= 4 is 21.8 Å². The molecule has 0 N–H and O–H groups in total. The first-order valence-corrected chi connectivity index (χ1v) is 22.2. The van der Waals surface area contributed by atoms with Gasteiger partial charge in [-0.1, -0.05) is 127 Å². The maximum Gasteiger partial charge on any atom is 0.417 e. The molecule has 2 heterocycles. The van der Waals surface area contributed by atoms with Crippen LogP contribution in [0.25, 0.3) is 95.0 Å². The van der Waals surface area contributed by atoms with E-state index in [4.69, 9.17) is 9.97 Å². The third kappa shape index (κ3) is 9.65. The van der Waals surface area contributed by atoms with Crippen LogP contribution in [0.4, 0.5) is 65.9 Å². The molecule has 10 aromatic rings. The van der Waals surface area contributed by atoms with Crippen molar-refractivity contribution < 1.29 is 65.9 Å². The van der Waals surface area contributed by atoms with Crippen molar-refractivity contribution in [2.24, 2.45) is 0 Å².